The summed E-state index contributed by atoms with van der Waals surface area (Å²) in [6.45, 7) is 5.39. The van der Waals surface area contributed by atoms with E-state index in [0.717, 1.165) is 11.5 Å². The van der Waals surface area contributed by atoms with Crippen LogP contribution in [0.2, 0.25) is 0 Å². The Morgan fingerprint density at radius 1 is 0.750 bits per heavy atom. The molecule has 0 atom stereocenters. The summed E-state index contributed by atoms with van der Waals surface area (Å²) in [4.78, 5) is 11.9. The van der Waals surface area contributed by atoms with E-state index in [-0.39, 0.29) is 5.91 Å². The van der Waals surface area contributed by atoms with E-state index in [4.69, 9.17) is 0 Å². The Morgan fingerprint density at radius 3 is 1.56 bits per heavy atom. The molecule has 5 nitrogen and oxygen atoms in total. The molecule has 0 aliphatic rings. The molecule has 0 fully saturated rings. The van der Waals surface area contributed by atoms with E-state index >= 15 is 0 Å². The van der Waals surface area contributed by atoms with Gasteiger partial charge in [-0.1, -0.05) is 103 Å². The van der Waals surface area contributed by atoms with Crippen molar-refractivity contribution in [2.24, 2.45) is 0 Å². The Bertz CT molecular complexity index is 550. The van der Waals surface area contributed by atoms with Gasteiger partial charge in [-0.25, -0.2) is 8.42 Å². The average molecular weight is 493 g/mol. The van der Waals surface area contributed by atoms with Crippen molar-refractivity contribution in [1.82, 2.24) is 5.32 Å². The van der Waals surface area contributed by atoms with Crippen LogP contribution in [-0.2, 0) is 14.9 Å². The van der Waals surface area contributed by atoms with Crippen LogP contribution in [0, 0.1) is 0 Å². The number of carbonyl (C=O) groups excluding carboxylic acids is 1. The molecular formula is C25H50NO4S2-. The third-order valence-corrected chi connectivity index (χ3v) is 7.78. The van der Waals surface area contributed by atoms with Crippen LogP contribution in [0.15, 0.2) is 0 Å². The molecule has 0 saturated heterocycles. The lowest BCUT2D eigenvalue weighted by Gasteiger charge is -2.27. The lowest BCUT2D eigenvalue weighted by atomic mass is 10.0. The summed E-state index contributed by atoms with van der Waals surface area (Å²) in [6, 6.07) is 0. The molecule has 32 heavy (non-hydrogen) atoms. The van der Waals surface area contributed by atoms with Crippen molar-refractivity contribution in [3.8, 4) is 0 Å². The molecule has 0 rings (SSSR count). The number of rotatable bonds is 23. The van der Waals surface area contributed by atoms with Gasteiger partial charge in [-0.05, 0) is 26.0 Å². The zero-order chi connectivity index (χ0) is 24.1. The minimum Gasteiger partial charge on any atom is -0.748 e. The second-order valence-electron chi connectivity index (χ2n) is 9.80. The molecule has 0 bridgehead atoms. The minimum atomic E-state index is -4.35. The largest absolute Gasteiger partial charge is 0.748 e. The van der Waals surface area contributed by atoms with Gasteiger partial charge in [-0.15, -0.1) is 0 Å². The van der Waals surface area contributed by atoms with Crippen molar-refractivity contribution in [1.29, 1.82) is 0 Å². The fourth-order valence-corrected chi connectivity index (χ4v) is 5.84. The van der Waals surface area contributed by atoms with Gasteiger partial charge in [-0.3, -0.25) is 4.79 Å². The lowest BCUT2D eigenvalue weighted by molar-refractivity contribution is -0.122. The molecule has 0 radical (unpaired) electrons. The number of amides is 1. The minimum absolute atomic E-state index is 0.196. The zero-order valence-corrected chi connectivity index (χ0v) is 22.7. The van der Waals surface area contributed by atoms with Gasteiger partial charge >= 0.3 is 0 Å². The third kappa shape index (κ3) is 24.4. The summed E-state index contributed by atoms with van der Waals surface area (Å²) in [5.74, 6) is 1.01. The van der Waals surface area contributed by atoms with Crippen molar-refractivity contribution in [3.05, 3.63) is 0 Å². The van der Waals surface area contributed by atoms with Crippen LogP contribution in [0.4, 0.5) is 0 Å². The van der Waals surface area contributed by atoms with Crippen molar-refractivity contribution < 1.29 is 17.8 Å². The molecule has 0 saturated carbocycles. The molecule has 0 spiro atoms. The van der Waals surface area contributed by atoms with Gasteiger partial charge < -0.3 is 9.87 Å². The van der Waals surface area contributed by atoms with Crippen molar-refractivity contribution in [2.75, 3.05) is 17.3 Å². The highest BCUT2D eigenvalue weighted by Gasteiger charge is 2.23. The highest BCUT2D eigenvalue weighted by atomic mass is 32.2. The first-order valence-corrected chi connectivity index (χ1v) is 15.7. The molecule has 0 aliphatic heterocycles. The molecule has 192 valence electrons. The van der Waals surface area contributed by atoms with Gasteiger partial charge in [0.05, 0.1) is 15.9 Å². The summed E-state index contributed by atoms with van der Waals surface area (Å²) >= 11 is 1.77. The van der Waals surface area contributed by atoms with Crippen LogP contribution in [-0.4, -0.2) is 41.7 Å². The number of carbonyl (C=O) groups is 1. The van der Waals surface area contributed by atoms with E-state index in [1.807, 2.05) is 0 Å². The number of nitrogens with one attached hydrogen (secondary N) is 1. The van der Waals surface area contributed by atoms with E-state index in [0.29, 0.717) is 6.42 Å². The van der Waals surface area contributed by atoms with Crippen molar-refractivity contribution >= 4 is 27.8 Å². The Kier molecular flexibility index (Phi) is 20.0. The zero-order valence-electron chi connectivity index (χ0n) is 21.1. The van der Waals surface area contributed by atoms with Gasteiger partial charge in [-0.2, -0.15) is 11.8 Å². The van der Waals surface area contributed by atoms with E-state index in [2.05, 4.69) is 12.2 Å². The highest BCUT2D eigenvalue weighted by Crippen LogP contribution is 2.15. The number of hydrogen-bond donors (Lipinski definition) is 1. The molecule has 0 aromatic rings. The lowest BCUT2D eigenvalue weighted by Crippen LogP contribution is -2.48. The van der Waals surface area contributed by atoms with Crippen LogP contribution in [0.5, 0.6) is 0 Å². The van der Waals surface area contributed by atoms with E-state index in [1.54, 1.807) is 25.6 Å². The van der Waals surface area contributed by atoms with Gasteiger partial charge in [0.2, 0.25) is 5.91 Å². The predicted molar refractivity (Wildman–Crippen MR) is 138 cm³/mol. The maximum Gasteiger partial charge on any atom is 0.221 e. The predicted octanol–water partition coefficient (Wildman–Crippen LogP) is 6.81. The maximum atomic E-state index is 11.9. The third-order valence-electron chi connectivity index (χ3n) is 5.63. The summed E-state index contributed by atoms with van der Waals surface area (Å²) < 4.78 is 32.6. The van der Waals surface area contributed by atoms with Gasteiger partial charge in [0.15, 0.2) is 0 Å². The number of hydrogen-bond acceptors (Lipinski definition) is 5. The molecular weight excluding hydrogens is 442 g/mol. The van der Waals surface area contributed by atoms with Crippen LogP contribution in [0.1, 0.15) is 130 Å². The SMILES string of the molecule is CCCCCCCCCCCCCCCCCCSCCC(=O)NC(C)(C)CS(=O)(=O)[O-]. The first kappa shape index (κ1) is 31.7. The number of unbranched alkanes of at least 4 members (excludes halogenated alkanes) is 15. The van der Waals surface area contributed by atoms with Gasteiger partial charge in [0.25, 0.3) is 0 Å². The monoisotopic (exact) mass is 492 g/mol. The molecule has 0 heterocycles. The first-order chi connectivity index (χ1) is 15.2. The highest BCUT2D eigenvalue weighted by molar-refractivity contribution is 7.99. The summed E-state index contributed by atoms with van der Waals surface area (Å²) in [5, 5.41) is 2.64. The van der Waals surface area contributed by atoms with E-state index in [9.17, 15) is 17.8 Å². The molecule has 1 N–H and O–H groups in total. The average Bonchev–Trinajstić information content (AvgIpc) is 2.67. The maximum absolute atomic E-state index is 11.9. The molecule has 7 heteroatoms. The topological polar surface area (TPSA) is 86.3 Å². The quantitative estimate of drug-likeness (QED) is 0.125. The van der Waals surface area contributed by atoms with Crippen molar-refractivity contribution in [3.63, 3.8) is 0 Å². The summed E-state index contributed by atoms with van der Waals surface area (Å²) in [5.41, 5.74) is -1.02. The second kappa shape index (κ2) is 20.1. The second-order valence-corrected chi connectivity index (χ2v) is 12.4. The van der Waals surface area contributed by atoms with Crippen LogP contribution < -0.4 is 5.32 Å². The Balaban J connectivity index is 3.34. The Hall–Kier alpha value is -0.270. The van der Waals surface area contributed by atoms with Crippen LogP contribution >= 0.6 is 11.8 Å². The standard InChI is InChI=1S/C25H51NO4S2/c1-4-5-6-7-8-9-10-11-12-13-14-15-16-17-18-19-21-31-22-20-24(27)26-25(2,3)23-32(28,29)30/h4-23H2,1-3H3,(H,26,27)(H,28,29,30)/p-1. The molecule has 0 aromatic heterocycles. The molecule has 0 aromatic carbocycles. The fourth-order valence-electron chi connectivity index (χ4n) is 3.94. The Morgan fingerprint density at radius 2 is 1.16 bits per heavy atom. The van der Waals surface area contributed by atoms with Crippen LogP contribution in [0.25, 0.3) is 0 Å². The Labute approximate surface area is 203 Å². The summed E-state index contributed by atoms with van der Waals surface area (Å²) in [6.07, 6.45) is 22.3. The smallest absolute Gasteiger partial charge is 0.221 e. The molecule has 0 unspecified atom stereocenters. The molecule has 0 aliphatic carbocycles. The van der Waals surface area contributed by atoms with Crippen molar-refractivity contribution in [2.45, 2.75) is 135 Å². The normalized spacial score (nSPS) is 12.2. The van der Waals surface area contributed by atoms with Gasteiger partial charge in [0, 0.05) is 17.7 Å². The van der Waals surface area contributed by atoms with Gasteiger partial charge in [0.1, 0.15) is 0 Å². The van der Waals surface area contributed by atoms with E-state index < -0.39 is 21.4 Å². The number of thioether (sulfide) groups is 1. The van der Waals surface area contributed by atoms with E-state index in [1.165, 1.54) is 103 Å². The molecule has 1 amide bonds. The fraction of sp³-hybridized carbons (Fsp3) is 0.960. The van der Waals surface area contributed by atoms with Crippen LogP contribution in [0.3, 0.4) is 0 Å². The summed E-state index contributed by atoms with van der Waals surface area (Å²) in [7, 11) is -4.35. The first-order valence-electron chi connectivity index (χ1n) is 13.0.